The van der Waals surface area contributed by atoms with Gasteiger partial charge in [0, 0.05) is 18.1 Å². The first-order chi connectivity index (χ1) is 19.0. The van der Waals surface area contributed by atoms with Gasteiger partial charge in [-0.1, -0.05) is 90.5 Å². The van der Waals surface area contributed by atoms with Crippen LogP contribution in [0, 0.1) is 0 Å². The van der Waals surface area contributed by atoms with Gasteiger partial charge in [-0.25, -0.2) is 4.79 Å². The number of rotatable bonds is 8. The number of carbonyl (C=O) groups excluding carboxylic acids is 3. The Morgan fingerprint density at radius 1 is 1.00 bits per heavy atom. The maximum absolute atomic E-state index is 13.9. The average molecular weight is 544 g/mol. The zero-order chi connectivity index (χ0) is 27.4. The summed E-state index contributed by atoms with van der Waals surface area (Å²) < 4.78 is 0. The monoisotopic (exact) mass is 543 g/mol. The van der Waals surface area contributed by atoms with Crippen LogP contribution in [0.1, 0.15) is 22.7 Å². The number of benzene rings is 3. The first-order valence-electron chi connectivity index (χ1n) is 12.8. The van der Waals surface area contributed by atoms with E-state index in [2.05, 4.69) is 11.9 Å². The molecule has 1 N–H and O–H groups in total. The van der Waals surface area contributed by atoms with E-state index in [1.807, 2.05) is 78.9 Å². The van der Waals surface area contributed by atoms with Gasteiger partial charge in [-0.05, 0) is 28.8 Å². The van der Waals surface area contributed by atoms with Gasteiger partial charge in [0.2, 0.25) is 5.91 Å². The summed E-state index contributed by atoms with van der Waals surface area (Å²) in [6.07, 6.45) is 1.09. The number of nitrogens with zero attached hydrogens (tertiary/aromatic N) is 4. The summed E-state index contributed by atoms with van der Waals surface area (Å²) in [5.41, 5.74) is 2.57. The predicted octanol–water partition coefficient (Wildman–Crippen LogP) is 4.21. The molecule has 2 aliphatic heterocycles. The molecule has 0 radical (unpaired) electrons. The molecule has 200 valence electrons. The summed E-state index contributed by atoms with van der Waals surface area (Å²) in [6, 6.07) is 25.1. The standard InChI is InChI=1S/C30H30ClN5O3/c1-2-16-34(30(39)32-18-22-10-5-3-6-11-22)35-21-27(37)36-26(35)20-33(19-23-12-9-15-25(31)17-23)29(38)28(36)24-13-7-4-8-14-24/h2-15,17,26,28H,1,16,18-21H2,(H,32,39)/t26-,28+/m1/s1. The highest BCUT2D eigenvalue weighted by atomic mass is 35.5. The Balaban J connectivity index is 1.45. The first kappa shape index (κ1) is 26.5. The largest absolute Gasteiger partial charge is 0.333 e. The lowest BCUT2D eigenvalue weighted by atomic mass is 10.00. The summed E-state index contributed by atoms with van der Waals surface area (Å²) in [6.45, 7) is 4.91. The van der Waals surface area contributed by atoms with Crippen LogP contribution in [0.4, 0.5) is 4.79 Å². The van der Waals surface area contributed by atoms with Crippen LogP contribution in [0.3, 0.4) is 0 Å². The van der Waals surface area contributed by atoms with Crippen molar-refractivity contribution in [2.45, 2.75) is 25.3 Å². The molecule has 2 heterocycles. The third-order valence-corrected chi connectivity index (χ3v) is 7.20. The number of nitrogens with one attached hydrogen (secondary N) is 1. The maximum atomic E-state index is 13.9. The highest BCUT2D eigenvalue weighted by molar-refractivity contribution is 6.30. The van der Waals surface area contributed by atoms with E-state index in [0.717, 1.165) is 16.7 Å². The summed E-state index contributed by atoms with van der Waals surface area (Å²) in [7, 11) is 0. The van der Waals surface area contributed by atoms with Crippen molar-refractivity contribution < 1.29 is 14.4 Å². The number of halogens is 1. The van der Waals surface area contributed by atoms with Crippen molar-refractivity contribution in [1.29, 1.82) is 0 Å². The molecule has 3 aromatic rings. The van der Waals surface area contributed by atoms with Crippen molar-refractivity contribution in [2.75, 3.05) is 19.6 Å². The number of amides is 4. The van der Waals surface area contributed by atoms with Crippen molar-refractivity contribution in [2.24, 2.45) is 0 Å². The molecule has 2 atom stereocenters. The van der Waals surface area contributed by atoms with Crippen LogP contribution in [-0.2, 0) is 22.7 Å². The number of hydrogen-bond donors (Lipinski definition) is 1. The molecule has 2 saturated heterocycles. The van der Waals surface area contributed by atoms with Gasteiger partial charge in [0.05, 0.1) is 19.6 Å². The Morgan fingerprint density at radius 3 is 2.38 bits per heavy atom. The number of hydrazine groups is 1. The summed E-state index contributed by atoms with van der Waals surface area (Å²) in [5, 5.41) is 6.79. The minimum Gasteiger partial charge on any atom is -0.333 e. The van der Waals surface area contributed by atoms with E-state index >= 15 is 0 Å². The third kappa shape index (κ3) is 5.67. The van der Waals surface area contributed by atoms with Crippen molar-refractivity contribution in [3.8, 4) is 0 Å². The van der Waals surface area contributed by atoms with E-state index < -0.39 is 12.2 Å². The molecule has 2 fully saturated rings. The zero-order valence-electron chi connectivity index (χ0n) is 21.4. The van der Waals surface area contributed by atoms with E-state index in [-0.39, 0.29) is 37.5 Å². The molecule has 0 saturated carbocycles. The zero-order valence-corrected chi connectivity index (χ0v) is 22.2. The Labute approximate surface area is 233 Å². The average Bonchev–Trinajstić information content (AvgIpc) is 3.27. The van der Waals surface area contributed by atoms with E-state index in [0.29, 0.717) is 18.1 Å². The number of hydrogen-bond acceptors (Lipinski definition) is 4. The number of urea groups is 1. The molecule has 8 nitrogen and oxygen atoms in total. The molecule has 5 rings (SSSR count). The number of fused-ring (bicyclic) bond motifs is 1. The minimum atomic E-state index is -0.806. The van der Waals surface area contributed by atoms with Crippen molar-refractivity contribution in [1.82, 2.24) is 25.1 Å². The van der Waals surface area contributed by atoms with Crippen molar-refractivity contribution in [3.63, 3.8) is 0 Å². The van der Waals surface area contributed by atoms with E-state index in [4.69, 9.17) is 11.6 Å². The Morgan fingerprint density at radius 2 is 1.69 bits per heavy atom. The molecule has 0 unspecified atom stereocenters. The smallest absolute Gasteiger partial charge is 0.332 e. The van der Waals surface area contributed by atoms with Gasteiger partial charge in [-0.15, -0.1) is 6.58 Å². The lowest BCUT2D eigenvalue weighted by Gasteiger charge is -2.46. The minimum absolute atomic E-state index is 0.0289. The van der Waals surface area contributed by atoms with Crippen LogP contribution >= 0.6 is 11.6 Å². The van der Waals surface area contributed by atoms with Gasteiger partial charge in [0.15, 0.2) is 0 Å². The maximum Gasteiger partial charge on any atom is 0.332 e. The fraction of sp³-hybridized carbons (Fsp3) is 0.233. The Hall–Kier alpha value is -4.14. The first-order valence-corrected chi connectivity index (χ1v) is 13.2. The molecule has 39 heavy (non-hydrogen) atoms. The second-order valence-electron chi connectivity index (χ2n) is 9.56. The molecule has 0 bridgehead atoms. The summed E-state index contributed by atoms with van der Waals surface area (Å²) in [5.74, 6) is -0.383. The topological polar surface area (TPSA) is 76.2 Å². The van der Waals surface area contributed by atoms with Gasteiger partial charge in [0.1, 0.15) is 12.2 Å². The van der Waals surface area contributed by atoms with E-state index in [1.165, 1.54) is 5.01 Å². The molecule has 9 heteroatoms. The number of piperazine rings is 1. The second kappa shape index (κ2) is 11.7. The van der Waals surface area contributed by atoms with Gasteiger partial charge in [-0.2, -0.15) is 5.01 Å². The fourth-order valence-electron chi connectivity index (χ4n) is 5.19. The van der Waals surface area contributed by atoms with Gasteiger partial charge in [-0.3, -0.25) is 14.6 Å². The van der Waals surface area contributed by atoms with Crippen LogP contribution in [-0.4, -0.2) is 63.5 Å². The SMILES string of the molecule is C=CCN(C(=O)NCc1ccccc1)N1CC(=O)N2[C@@H](c3ccccc3)C(=O)N(Cc3cccc(Cl)c3)C[C@@H]21. The van der Waals surface area contributed by atoms with Gasteiger partial charge in [0.25, 0.3) is 5.91 Å². The highest BCUT2D eigenvalue weighted by Gasteiger charge is 2.52. The normalized spacial score (nSPS) is 19.1. The Bertz CT molecular complexity index is 1350. The molecule has 3 aromatic carbocycles. The van der Waals surface area contributed by atoms with Crippen LogP contribution < -0.4 is 5.32 Å². The molecule has 2 aliphatic rings. The van der Waals surface area contributed by atoms with Gasteiger partial charge >= 0.3 is 6.03 Å². The summed E-state index contributed by atoms with van der Waals surface area (Å²) >= 11 is 6.21. The number of carbonyl (C=O) groups is 3. The quantitative estimate of drug-likeness (QED) is 0.432. The van der Waals surface area contributed by atoms with Gasteiger partial charge < -0.3 is 15.1 Å². The predicted molar refractivity (Wildman–Crippen MR) is 149 cm³/mol. The molecule has 0 aliphatic carbocycles. The van der Waals surface area contributed by atoms with E-state index in [9.17, 15) is 14.4 Å². The van der Waals surface area contributed by atoms with E-state index in [1.54, 1.807) is 27.0 Å². The molecular weight excluding hydrogens is 514 g/mol. The van der Waals surface area contributed by atoms with Crippen LogP contribution in [0.25, 0.3) is 0 Å². The summed E-state index contributed by atoms with van der Waals surface area (Å²) in [4.78, 5) is 44.1. The van der Waals surface area contributed by atoms with Crippen LogP contribution in [0.5, 0.6) is 0 Å². The molecule has 4 amide bonds. The second-order valence-corrected chi connectivity index (χ2v) is 9.99. The van der Waals surface area contributed by atoms with Crippen molar-refractivity contribution >= 4 is 29.4 Å². The Kier molecular flexibility index (Phi) is 7.95. The van der Waals surface area contributed by atoms with Crippen LogP contribution in [0.15, 0.2) is 97.6 Å². The lowest BCUT2D eigenvalue weighted by molar-refractivity contribution is -0.158. The molecule has 0 aromatic heterocycles. The molecule has 0 spiro atoms. The fourth-order valence-corrected chi connectivity index (χ4v) is 5.40. The van der Waals surface area contributed by atoms with Crippen molar-refractivity contribution in [3.05, 3.63) is 119 Å². The highest BCUT2D eigenvalue weighted by Crippen LogP contribution is 2.36. The lowest BCUT2D eigenvalue weighted by Crippen LogP contribution is -2.62. The van der Waals surface area contributed by atoms with Crippen LogP contribution in [0.2, 0.25) is 5.02 Å². The third-order valence-electron chi connectivity index (χ3n) is 6.97. The molecular formula is C30H30ClN5O3.